The van der Waals surface area contributed by atoms with E-state index in [1.165, 1.54) is 19.3 Å². The lowest BCUT2D eigenvalue weighted by molar-refractivity contribution is 0.0502. The number of furan rings is 1. The molecule has 0 amide bonds. The van der Waals surface area contributed by atoms with Gasteiger partial charge in [-0.1, -0.05) is 18.2 Å². The number of carbonyl (C=O) groups excluding carboxylic acids is 1. The topological polar surface area (TPSA) is 68.9 Å². The first-order chi connectivity index (χ1) is 11.7. The van der Waals surface area contributed by atoms with Crippen molar-refractivity contribution in [3.05, 3.63) is 65.9 Å². The van der Waals surface area contributed by atoms with Crippen LogP contribution in [-0.2, 0) is 4.74 Å². The Morgan fingerprint density at radius 2 is 2.12 bits per heavy atom. The van der Waals surface area contributed by atoms with Gasteiger partial charge in [0.15, 0.2) is 12.6 Å². The molecule has 5 nitrogen and oxygen atoms in total. The van der Waals surface area contributed by atoms with Crippen molar-refractivity contribution < 1.29 is 23.8 Å². The third-order valence-corrected chi connectivity index (χ3v) is 3.49. The fourth-order valence-electron chi connectivity index (χ4n) is 2.35. The van der Waals surface area contributed by atoms with Crippen LogP contribution in [0.25, 0.3) is 17.0 Å². The highest BCUT2D eigenvalue weighted by Gasteiger charge is 2.15. The summed E-state index contributed by atoms with van der Waals surface area (Å²) in [4.78, 5) is 12.5. The molecule has 0 radical (unpaired) electrons. The van der Waals surface area contributed by atoms with E-state index in [1.807, 2.05) is 24.3 Å². The molecular weight excluding hydrogens is 308 g/mol. The van der Waals surface area contributed by atoms with Crippen LogP contribution in [0, 0.1) is 0 Å². The smallest absolute Gasteiger partial charge is 0.193 e. The van der Waals surface area contributed by atoms with Crippen LogP contribution in [0.3, 0.4) is 0 Å². The Morgan fingerprint density at radius 3 is 2.96 bits per heavy atom. The molecular formula is C19H16O5. The van der Waals surface area contributed by atoms with Gasteiger partial charge >= 0.3 is 0 Å². The molecule has 5 heteroatoms. The van der Waals surface area contributed by atoms with Crippen LogP contribution in [0.5, 0.6) is 11.5 Å². The van der Waals surface area contributed by atoms with Gasteiger partial charge in [-0.3, -0.25) is 4.79 Å². The minimum atomic E-state index is -0.355. The average molecular weight is 324 g/mol. The number of benzene rings is 2. The van der Waals surface area contributed by atoms with Gasteiger partial charge in [-0.15, -0.1) is 0 Å². The standard InChI is InChI=1S/C19H16O5/c1-22-12-24-18-4-2-3-15(20)19(18)16(21)7-5-13-6-8-17-14(11-13)9-10-23-17/h2-11,20H,12H2,1H3/b7-5+. The second-order valence-corrected chi connectivity index (χ2v) is 5.12. The second kappa shape index (κ2) is 7.02. The number of carbonyl (C=O) groups is 1. The van der Waals surface area contributed by atoms with Gasteiger partial charge in [0, 0.05) is 12.5 Å². The Hall–Kier alpha value is -3.05. The Morgan fingerprint density at radius 1 is 1.25 bits per heavy atom. The fraction of sp³-hybridized carbons (Fsp3) is 0.105. The van der Waals surface area contributed by atoms with E-state index < -0.39 is 0 Å². The maximum Gasteiger partial charge on any atom is 0.193 e. The molecule has 0 saturated carbocycles. The van der Waals surface area contributed by atoms with Crippen LogP contribution >= 0.6 is 0 Å². The van der Waals surface area contributed by atoms with E-state index >= 15 is 0 Å². The summed E-state index contributed by atoms with van der Waals surface area (Å²) in [6.45, 7) is -0.00932. The lowest BCUT2D eigenvalue weighted by Crippen LogP contribution is -2.05. The summed E-state index contributed by atoms with van der Waals surface area (Å²) in [5, 5.41) is 10.9. The Balaban J connectivity index is 1.86. The first kappa shape index (κ1) is 15.8. The van der Waals surface area contributed by atoms with E-state index in [-0.39, 0.29) is 29.6 Å². The molecule has 0 bridgehead atoms. The Kier molecular flexibility index (Phi) is 4.63. The van der Waals surface area contributed by atoms with E-state index in [0.717, 1.165) is 16.5 Å². The number of methoxy groups -OCH3 is 1. The monoisotopic (exact) mass is 324 g/mol. The van der Waals surface area contributed by atoms with Gasteiger partial charge in [0.05, 0.1) is 6.26 Å². The molecule has 0 aliphatic heterocycles. The zero-order valence-corrected chi connectivity index (χ0v) is 13.1. The van der Waals surface area contributed by atoms with Crippen molar-refractivity contribution in [1.82, 2.24) is 0 Å². The summed E-state index contributed by atoms with van der Waals surface area (Å²) in [7, 11) is 1.48. The molecule has 3 aromatic rings. The lowest BCUT2D eigenvalue weighted by Gasteiger charge is -2.10. The van der Waals surface area contributed by atoms with Crippen LogP contribution in [0.2, 0.25) is 0 Å². The Labute approximate surface area is 138 Å². The molecule has 3 rings (SSSR count). The first-order valence-electron chi connectivity index (χ1n) is 7.32. The largest absolute Gasteiger partial charge is 0.507 e. The number of allylic oxidation sites excluding steroid dienone is 1. The molecule has 1 N–H and O–H groups in total. The predicted octanol–water partition coefficient (Wildman–Crippen LogP) is 4.02. The summed E-state index contributed by atoms with van der Waals surface area (Å²) in [6.07, 6.45) is 4.70. The number of hydrogen-bond donors (Lipinski definition) is 1. The van der Waals surface area contributed by atoms with Crippen molar-refractivity contribution in [2.24, 2.45) is 0 Å². The summed E-state index contributed by atoms with van der Waals surface area (Å²) in [5.74, 6) is -0.216. The number of aromatic hydroxyl groups is 1. The molecule has 0 aliphatic carbocycles. The van der Waals surface area contributed by atoms with Crippen molar-refractivity contribution in [2.75, 3.05) is 13.9 Å². The molecule has 0 spiro atoms. The van der Waals surface area contributed by atoms with Gasteiger partial charge in [-0.25, -0.2) is 0 Å². The van der Waals surface area contributed by atoms with Gasteiger partial charge in [0.2, 0.25) is 0 Å². The van der Waals surface area contributed by atoms with Gasteiger partial charge in [0.25, 0.3) is 0 Å². The predicted molar refractivity (Wildman–Crippen MR) is 90.2 cm³/mol. The Bertz CT molecular complexity index is 892. The first-order valence-corrected chi connectivity index (χ1v) is 7.32. The number of ether oxygens (including phenoxy) is 2. The average Bonchev–Trinajstić information content (AvgIpc) is 3.05. The van der Waals surface area contributed by atoms with Crippen LogP contribution in [0.15, 0.2) is 59.2 Å². The summed E-state index contributed by atoms with van der Waals surface area (Å²) in [5.41, 5.74) is 1.75. The zero-order chi connectivity index (χ0) is 16.9. The third-order valence-electron chi connectivity index (χ3n) is 3.49. The van der Waals surface area contributed by atoms with Crippen LogP contribution < -0.4 is 4.74 Å². The molecule has 2 aromatic carbocycles. The minimum absolute atomic E-state index is 0.00932. The molecule has 1 heterocycles. The molecule has 122 valence electrons. The zero-order valence-electron chi connectivity index (χ0n) is 13.1. The van der Waals surface area contributed by atoms with Crippen molar-refractivity contribution >= 4 is 22.8 Å². The number of ketones is 1. The molecule has 1 aromatic heterocycles. The fourth-order valence-corrected chi connectivity index (χ4v) is 2.35. The summed E-state index contributed by atoms with van der Waals surface area (Å²) < 4.78 is 15.5. The number of hydrogen-bond acceptors (Lipinski definition) is 5. The second-order valence-electron chi connectivity index (χ2n) is 5.12. The van der Waals surface area contributed by atoms with Crippen molar-refractivity contribution in [1.29, 1.82) is 0 Å². The normalized spacial score (nSPS) is 11.2. The van der Waals surface area contributed by atoms with E-state index in [4.69, 9.17) is 13.9 Å². The van der Waals surface area contributed by atoms with Crippen LogP contribution in [0.1, 0.15) is 15.9 Å². The minimum Gasteiger partial charge on any atom is -0.507 e. The van der Waals surface area contributed by atoms with Crippen molar-refractivity contribution in [3.8, 4) is 11.5 Å². The van der Waals surface area contributed by atoms with E-state index in [1.54, 1.807) is 24.5 Å². The highest BCUT2D eigenvalue weighted by Crippen LogP contribution is 2.28. The summed E-state index contributed by atoms with van der Waals surface area (Å²) in [6, 6.07) is 12.1. The van der Waals surface area contributed by atoms with Gasteiger partial charge in [-0.05, 0) is 42.0 Å². The molecule has 0 atom stereocenters. The number of phenolic OH excluding ortho intramolecular Hbond substituents is 1. The SMILES string of the molecule is COCOc1cccc(O)c1C(=O)/C=C/c1ccc2occc2c1. The lowest BCUT2D eigenvalue weighted by atomic mass is 10.1. The van der Waals surface area contributed by atoms with E-state index in [0.29, 0.717) is 0 Å². The van der Waals surface area contributed by atoms with E-state index in [9.17, 15) is 9.90 Å². The molecule has 0 saturated heterocycles. The highest BCUT2D eigenvalue weighted by atomic mass is 16.7. The van der Waals surface area contributed by atoms with Crippen LogP contribution in [-0.4, -0.2) is 24.8 Å². The molecule has 24 heavy (non-hydrogen) atoms. The third kappa shape index (κ3) is 3.31. The van der Waals surface area contributed by atoms with Gasteiger partial charge in [0.1, 0.15) is 22.6 Å². The maximum absolute atomic E-state index is 12.5. The number of fused-ring (bicyclic) bond motifs is 1. The van der Waals surface area contributed by atoms with Crippen molar-refractivity contribution in [3.63, 3.8) is 0 Å². The molecule has 0 fully saturated rings. The summed E-state index contributed by atoms with van der Waals surface area (Å²) >= 11 is 0. The van der Waals surface area contributed by atoms with Gasteiger partial charge < -0.3 is 19.0 Å². The van der Waals surface area contributed by atoms with Crippen LogP contribution in [0.4, 0.5) is 0 Å². The van der Waals surface area contributed by atoms with E-state index in [2.05, 4.69) is 0 Å². The quantitative estimate of drug-likeness (QED) is 0.421. The molecule has 0 unspecified atom stereocenters. The highest BCUT2D eigenvalue weighted by molar-refractivity contribution is 6.10. The molecule has 0 aliphatic rings. The van der Waals surface area contributed by atoms with Gasteiger partial charge in [-0.2, -0.15) is 0 Å². The van der Waals surface area contributed by atoms with Crippen molar-refractivity contribution in [2.45, 2.75) is 0 Å². The maximum atomic E-state index is 12.5. The number of rotatable bonds is 6. The number of phenols is 1.